The molecule has 0 aliphatic rings. The Morgan fingerprint density at radius 3 is 2.20 bits per heavy atom. The van der Waals surface area contributed by atoms with Gasteiger partial charge in [-0.3, -0.25) is 0 Å². The lowest BCUT2D eigenvalue weighted by Gasteiger charge is -2.21. The first-order chi connectivity index (χ1) is 9.70. The molecule has 0 spiro atoms. The number of hydrogen-bond donors (Lipinski definition) is 1. The number of hydrogen-bond acceptors (Lipinski definition) is 1. The molecule has 0 bridgehead atoms. The minimum absolute atomic E-state index is 0.387. The van der Waals surface area contributed by atoms with Crippen LogP contribution in [0.5, 0.6) is 0 Å². The van der Waals surface area contributed by atoms with Gasteiger partial charge in [-0.15, -0.1) is 0 Å². The average Bonchev–Trinajstić information content (AvgIpc) is 2.50. The van der Waals surface area contributed by atoms with Crippen molar-refractivity contribution in [1.82, 2.24) is 5.32 Å². The molecule has 0 fully saturated rings. The van der Waals surface area contributed by atoms with E-state index in [9.17, 15) is 0 Å². The van der Waals surface area contributed by atoms with E-state index in [4.69, 9.17) is 11.6 Å². The van der Waals surface area contributed by atoms with Crippen LogP contribution in [0.25, 0.3) is 0 Å². The lowest BCUT2D eigenvalue weighted by molar-refractivity contribution is 0.495. The molecule has 1 nitrogen and oxygen atoms in total. The summed E-state index contributed by atoms with van der Waals surface area (Å²) in [6.45, 7) is 5.45. The van der Waals surface area contributed by atoms with Gasteiger partial charge in [0, 0.05) is 17.6 Å². The molecule has 20 heavy (non-hydrogen) atoms. The fourth-order valence-electron chi connectivity index (χ4n) is 2.41. The average molecular weight is 288 g/mol. The van der Waals surface area contributed by atoms with E-state index < -0.39 is 0 Å². The van der Waals surface area contributed by atoms with Gasteiger partial charge < -0.3 is 5.32 Å². The highest BCUT2D eigenvalue weighted by atomic mass is 35.5. The van der Waals surface area contributed by atoms with Crippen molar-refractivity contribution in [1.29, 1.82) is 0 Å². The Bertz CT molecular complexity index is 507. The highest BCUT2D eigenvalue weighted by Crippen LogP contribution is 2.21. The maximum Gasteiger partial charge on any atom is 0.0406 e. The Morgan fingerprint density at radius 2 is 1.60 bits per heavy atom. The topological polar surface area (TPSA) is 12.0 Å². The van der Waals surface area contributed by atoms with Crippen LogP contribution in [0.15, 0.2) is 54.6 Å². The van der Waals surface area contributed by atoms with Crippen LogP contribution in [0, 0.1) is 0 Å². The summed E-state index contributed by atoms with van der Waals surface area (Å²) in [6, 6.07) is 19.2. The van der Waals surface area contributed by atoms with Crippen molar-refractivity contribution in [3.8, 4) is 0 Å². The van der Waals surface area contributed by atoms with Gasteiger partial charge in [-0.1, -0.05) is 67.9 Å². The van der Waals surface area contributed by atoms with Gasteiger partial charge in [0.25, 0.3) is 0 Å². The van der Waals surface area contributed by atoms with E-state index in [2.05, 4.69) is 61.6 Å². The molecule has 2 unspecified atom stereocenters. The minimum atomic E-state index is 0.387. The molecule has 0 radical (unpaired) electrons. The molecule has 0 aliphatic carbocycles. The molecule has 2 rings (SSSR count). The molecule has 0 saturated heterocycles. The van der Waals surface area contributed by atoms with Crippen molar-refractivity contribution in [2.75, 3.05) is 6.54 Å². The van der Waals surface area contributed by atoms with Crippen LogP contribution in [0.3, 0.4) is 0 Å². The molecule has 1 N–H and O–H groups in total. The van der Waals surface area contributed by atoms with Gasteiger partial charge in [0.2, 0.25) is 0 Å². The molecule has 2 atom stereocenters. The monoisotopic (exact) mass is 287 g/mol. The molecule has 2 aromatic carbocycles. The molecule has 0 amide bonds. The second kappa shape index (κ2) is 7.47. The first-order valence-electron chi connectivity index (χ1n) is 7.24. The second-order valence-electron chi connectivity index (χ2n) is 5.23. The molecule has 106 valence electrons. The van der Waals surface area contributed by atoms with Gasteiger partial charge in [-0.2, -0.15) is 0 Å². The smallest absolute Gasteiger partial charge is 0.0406 e. The summed E-state index contributed by atoms with van der Waals surface area (Å²) >= 11 is 5.95. The largest absolute Gasteiger partial charge is 0.309 e. The maximum atomic E-state index is 5.95. The van der Waals surface area contributed by atoms with Crippen molar-refractivity contribution in [2.45, 2.75) is 32.2 Å². The van der Waals surface area contributed by atoms with Crippen molar-refractivity contribution in [3.63, 3.8) is 0 Å². The fraction of sp³-hybridized carbons (Fsp3) is 0.333. The number of benzene rings is 2. The highest BCUT2D eigenvalue weighted by molar-refractivity contribution is 6.30. The Balaban J connectivity index is 1.95. The summed E-state index contributed by atoms with van der Waals surface area (Å²) in [6.07, 6.45) is 1.07. The summed E-state index contributed by atoms with van der Waals surface area (Å²) in [4.78, 5) is 0. The lowest BCUT2D eigenvalue weighted by Crippen LogP contribution is -2.25. The van der Waals surface area contributed by atoms with Crippen LogP contribution in [-0.2, 0) is 0 Å². The van der Waals surface area contributed by atoms with E-state index in [1.165, 1.54) is 11.1 Å². The molecule has 0 heterocycles. The molecule has 2 aromatic rings. The third-order valence-electron chi connectivity index (χ3n) is 3.72. The van der Waals surface area contributed by atoms with Crippen LogP contribution in [0.1, 0.15) is 43.4 Å². The standard InChI is InChI=1S/C18H22ClN/c1-3-18(16-9-11-17(19)12-10-16)20-13-14(2)15-7-5-4-6-8-15/h4-12,14,18,20H,3,13H2,1-2H3. The minimum Gasteiger partial charge on any atom is -0.309 e. The van der Waals surface area contributed by atoms with Gasteiger partial charge in [-0.25, -0.2) is 0 Å². The van der Waals surface area contributed by atoms with Crippen LogP contribution in [0.4, 0.5) is 0 Å². The van der Waals surface area contributed by atoms with Crippen LogP contribution in [0.2, 0.25) is 5.02 Å². The van der Waals surface area contributed by atoms with E-state index in [1.54, 1.807) is 0 Å². The van der Waals surface area contributed by atoms with Crippen molar-refractivity contribution < 1.29 is 0 Å². The third kappa shape index (κ3) is 4.09. The predicted molar refractivity (Wildman–Crippen MR) is 87.3 cm³/mol. The Hall–Kier alpha value is -1.31. The molecular weight excluding hydrogens is 266 g/mol. The van der Waals surface area contributed by atoms with E-state index in [0.717, 1.165) is 18.0 Å². The predicted octanol–water partition coefficient (Wildman–Crippen LogP) is 5.18. The fourth-order valence-corrected chi connectivity index (χ4v) is 2.54. The SMILES string of the molecule is CCC(NCC(C)c1ccccc1)c1ccc(Cl)cc1. The van der Waals surface area contributed by atoms with Gasteiger partial charge in [0.05, 0.1) is 0 Å². The normalized spacial score (nSPS) is 13.9. The van der Waals surface area contributed by atoms with E-state index >= 15 is 0 Å². The quantitative estimate of drug-likeness (QED) is 0.771. The molecule has 2 heteroatoms. The summed E-state index contributed by atoms with van der Waals surface area (Å²) in [5.74, 6) is 0.512. The summed E-state index contributed by atoms with van der Waals surface area (Å²) in [5.41, 5.74) is 2.68. The first kappa shape index (κ1) is 15.1. The van der Waals surface area contributed by atoms with E-state index in [1.807, 2.05) is 12.1 Å². The van der Waals surface area contributed by atoms with Gasteiger partial charge in [0.1, 0.15) is 0 Å². The molecular formula is C18H22ClN. The number of rotatable bonds is 6. The van der Waals surface area contributed by atoms with Crippen LogP contribution in [-0.4, -0.2) is 6.54 Å². The summed E-state index contributed by atoms with van der Waals surface area (Å²) < 4.78 is 0. The zero-order chi connectivity index (χ0) is 14.4. The van der Waals surface area contributed by atoms with Crippen molar-refractivity contribution >= 4 is 11.6 Å². The van der Waals surface area contributed by atoms with Gasteiger partial charge in [0.15, 0.2) is 0 Å². The lowest BCUT2D eigenvalue weighted by atomic mass is 9.99. The molecule has 0 aliphatic heterocycles. The zero-order valence-electron chi connectivity index (χ0n) is 12.1. The highest BCUT2D eigenvalue weighted by Gasteiger charge is 2.11. The Kier molecular flexibility index (Phi) is 5.63. The van der Waals surface area contributed by atoms with E-state index in [0.29, 0.717) is 12.0 Å². The second-order valence-corrected chi connectivity index (χ2v) is 5.67. The number of nitrogens with one attached hydrogen (secondary N) is 1. The summed E-state index contributed by atoms with van der Waals surface area (Å²) in [7, 11) is 0. The molecule has 0 saturated carbocycles. The number of halogens is 1. The Morgan fingerprint density at radius 1 is 0.950 bits per heavy atom. The van der Waals surface area contributed by atoms with Gasteiger partial charge >= 0.3 is 0 Å². The van der Waals surface area contributed by atoms with Crippen LogP contribution >= 0.6 is 11.6 Å². The Labute approximate surface area is 127 Å². The van der Waals surface area contributed by atoms with Crippen LogP contribution < -0.4 is 5.32 Å². The van der Waals surface area contributed by atoms with Crippen molar-refractivity contribution in [2.24, 2.45) is 0 Å². The third-order valence-corrected chi connectivity index (χ3v) is 3.97. The summed E-state index contributed by atoms with van der Waals surface area (Å²) in [5, 5.41) is 4.45. The van der Waals surface area contributed by atoms with Gasteiger partial charge in [-0.05, 0) is 35.6 Å². The maximum absolute atomic E-state index is 5.95. The van der Waals surface area contributed by atoms with Crippen molar-refractivity contribution in [3.05, 3.63) is 70.7 Å². The molecule has 0 aromatic heterocycles. The van der Waals surface area contributed by atoms with E-state index in [-0.39, 0.29) is 0 Å². The zero-order valence-corrected chi connectivity index (χ0v) is 12.9. The first-order valence-corrected chi connectivity index (χ1v) is 7.62.